The summed E-state index contributed by atoms with van der Waals surface area (Å²) in [7, 11) is 3.11. The average Bonchev–Trinajstić information content (AvgIpc) is 2.47. The maximum Gasteiger partial charge on any atom is 0.255 e. The first-order valence-corrected chi connectivity index (χ1v) is 6.58. The largest absolute Gasteiger partial charge is 0.497 e. The number of guanidine groups is 1. The molecule has 0 heterocycles. The molecule has 0 saturated carbocycles. The van der Waals surface area contributed by atoms with Crippen LogP contribution in [0.2, 0.25) is 0 Å². The quantitative estimate of drug-likeness (QED) is 0.398. The Hall–Kier alpha value is -1.32. The zero-order valence-corrected chi connectivity index (χ0v) is 15.1. The normalized spacial score (nSPS) is 12.4. The van der Waals surface area contributed by atoms with Crippen LogP contribution in [-0.4, -0.2) is 45.7 Å². The number of rotatable bonds is 7. The van der Waals surface area contributed by atoms with Crippen LogP contribution in [0.15, 0.2) is 29.3 Å². The molecule has 0 radical (unpaired) electrons. The Morgan fingerprint density at radius 2 is 1.86 bits per heavy atom. The summed E-state index contributed by atoms with van der Waals surface area (Å²) < 4.78 is 35.0. The first-order chi connectivity index (χ1) is 10.0. The molecule has 1 aromatic carbocycles. The predicted octanol–water partition coefficient (Wildman–Crippen LogP) is 2.51. The zero-order chi connectivity index (χ0) is 15.7. The summed E-state index contributed by atoms with van der Waals surface area (Å²) in [5.41, 5.74) is 0. The Bertz CT molecular complexity index is 461. The lowest BCUT2D eigenvalue weighted by molar-refractivity contribution is 0.152. The van der Waals surface area contributed by atoms with E-state index in [1.54, 1.807) is 13.2 Å². The van der Waals surface area contributed by atoms with Crippen LogP contribution in [0.25, 0.3) is 0 Å². The van der Waals surface area contributed by atoms with Gasteiger partial charge in [0.25, 0.3) is 6.43 Å². The Kier molecular flexibility index (Phi) is 10.6. The van der Waals surface area contributed by atoms with Crippen molar-refractivity contribution in [1.82, 2.24) is 10.6 Å². The number of halogens is 3. The lowest BCUT2D eigenvalue weighted by atomic mass is 10.3. The van der Waals surface area contributed by atoms with Crippen molar-refractivity contribution in [2.24, 2.45) is 4.99 Å². The van der Waals surface area contributed by atoms with Crippen LogP contribution in [0.5, 0.6) is 11.5 Å². The van der Waals surface area contributed by atoms with Gasteiger partial charge in [0.15, 0.2) is 5.96 Å². The molecule has 0 aliphatic heterocycles. The molecule has 1 unspecified atom stereocenters. The molecule has 0 fully saturated rings. The van der Waals surface area contributed by atoms with E-state index in [9.17, 15) is 8.78 Å². The highest BCUT2D eigenvalue weighted by atomic mass is 127. The predicted molar refractivity (Wildman–Crippen MR) is 93.9 cm³/mol. The molecule has 2 N–H and O–H groups in total. The van der Waals surface area contributed by atoms with Gasteiger partial charge in [-0.25, -0.2) is 8.78 Å². The SMILES string of the molecule is CN=C(NCC(F)F)NCC(C)Oc1cccc(OC)c1.I. The van der Waals surface area contributed by atoms with Crippen molar-refractivity contribution in [3.8, 4) is 11.5 Å². The molecule has 1 aromatic rings. The van der Waals surface area contributed by atoms with Crippen molar-refractivity contribution in [3.63, 3.8) is 0 Å². The molecule has 22 heavy (non-hydrogen) atoms. The van der Waals surface area contributed by atoms with Gasteiger partial charge in [-0.2, -0.15) is 0 Å². The highest BCUT2D eigenvalue weighted by Crippen LogP contribution is 2.19. The fourth-order valence-corrected chi connectivity index (χ4v) is 1.58. The van der Waals surface area contributed by atoms with Crippen LogP contribution in [0.1, 0.15) is 6.92 Å². The summed E-state index contributed by atoms with van der Waals surface area (Å²) >= 11 is 0. The van der Waals surface area contributed by atoms with Gasteiger partial charge >= 0.3 is 0 Å². The van der Waals surface area contributed by atoms with Crippen molar-refractivity contribution in [3.05, 3.63) is 24.3 Å². The Morgan fingerprint density at radius 3 is 2.45 bits per heavy atom. The van der Waals surface area contributed by atoms with Crippen molar-refractivity contribution in [1.29, 1.82) is 0 Å². The molecular weight excluding hydrogens is 407 g/mol. The zero-order valence-electron chi connectivity index (χ0n) is 12.8. The molecule has 8 heteroatoms. The number of methoxy groups -OCH3 is 1. The minimum absolute atomic E-state index is 0. The summed E-state index contributed by atoms with van der Waals surface area (Å²) in [5, 5.41) is 5.44. The van der Waals surface area contributed by atoms with Gasteiger partial charge in [0, 0.05) is 13.1 Å². The van der Waals surface area contributed by atoms with Crippen LogP contribution >= 0.6 is 24.0 Å². The third kappa shape index (κ3) is 8.20. The summed E-state index contributed by atoms with van der Waals surface area (Å²) in [6.45, 7) is 1.86. The smallest absolute Gasteiger partial charge is 0.255 e. The maximum atomic E-state index is 12.1. The van der Waals surface area contributed by atoms with E-state index in [0.717, 1.165) is 0 Å². The fourth-order valence-electron chi connectivity index (χ4n) is 1.58. The van der Waals surface area contributed by atoms with Gasteiger partial charge < -0.3 is 20.1 Å². The number of ether oxygens (including phenoxy) is 2. The minimum atomic E-state index is -2.42. The number of hydrogen-bond donors (Lipinski definition) is 2. The van der Waals surface area contributed by atoms with Crippen LogP contribution in [0.4, 0.5) is 8.78 Å². The number of benzene rings is 1. The van der Waals surface area contributed by atoms with E-state index in [4.69, 9.17) is 9.47 Å². The third-order valence-electron chi connectivity index (χ3n) is 2.58. The number of alkyl halides is 2. The Balaban J connectivity index is 0.00000441. The van der Waals surface area contributed by atoms with Crippen molar-refractivity contribution in [2.75, 3.05) is 27.2 Å². The second kappa shape index (κ2) is 11.3. The molecule has 0 spiro atoms. The number of nitrogens with zero attached hydrogens (tertiary/aromatic N) is 1. The van der Waals surface area contributed by atoms with Gasteiger partial charge in [-0.1, -0.05) is 6.07 Å². The van der Waals surface area contributed by atoms with Crippen LogP contribution in [0.3, 0.4) is 0 Å². The van der Waals surface area contributed by atoms with Gasteiger partial charge in [-0.3, -0.25) is 4.99 Å². The second-order valence-corrected chi connectivity index (χ2v) is 4.33. The summed E-state index contributed by atoms with van der Waals surface area (Å²) in [4.78, 5) is 3.85. The summed E-state index contributed by atoms with van der Waals surface area (Å²) in [6.07, 6.45) is -2.59. The van der Waals surface area contributed by atoms with Crippen LogP contribution in [0, 0.1) is 0 Å². The highest BCUT2D eigenvalue weighted by Gasteiger charge is 2.08. The highest BCUT2D eigenvalue weighted by molar-refractivity contribution is 14.0. The number of aliphatic imine (C=N–C) groups is 1. The molecule has 0 aliphatic carbocycles. The lowest BCUT2D eigenvalue weighted by Crippen LogP contribution is -2.43. The second-order valence-electron chi connectivity index (χ2n) is 4.33. The molecule has 0 aliphatic rings. The Morgan fingerprint density at radius 1 is 1.23 bits per heavy atom. The molecule has 126 valence electrons. The molecule has 0 aromatic heterocycles. The van der Waals surface area contributed by atoms with Crippen molar-refractivity contribution in [2.45, 2.75) is 19.5 Å². The van der Waals surface area contributed by atoms with Crippen LogP contribution < -0.4 is 20.1 Å². The summed E-state index contributed by atoms with van der Waals surface area (Å²) in [6, 6.07) is 7.26. The van der Waals surface area contributed by atoms with Crippen molar-refractivity contribution >= 4 is 29.9 Å². The van der Waals surface area contributed by atoms with Gasteiger partial charge in [-0.05, 0) is 19.1 Å². The van der Waals surface area contributed by atoms with Crippen LogP contribution in [-0.2, 0) is 0 Å². The van der Waals surface area contributed by atoms with E-state index in [0.29, 0.717) is 24.0 Å². The van der Waals surface area contributed by atoms with E-state index in [1.165, 1.54) is 7.05 Å². The lowest BCUT2D eigenvalue weighted by Gasteiger charge is -2.18. The van der Waals surface area contributed by atoms with E-state index in [2.05, 4.69) is 15.6 Å². The van der Waals surface area contributed by atoms with Gasteiger partial charge in [0.05, 0.1) is 20.2 Å². The molecule has 1 rings (SSSR count). The molecule has 5 nitrogen and oxygen atoms in total. The van der Waals surface area contributed by atoms with Gasteiger partial charge in [0.1, 0.15) is 17.6 Å². The molecular formula is C14H22F2IN3O2. The van der Waals surface area contributed by atoms with Gasteiger partial charge in [-0.15, -0.1) is 24.0 Å². The monoisotopic (exact) mass is 429 g/mol. The summed E-state index contributed by atoms with van der Waals surface area (Å²) in [5.74, 6) is 1.71. The standard InChI is InChI=1S/C14H21F2N3O2.HI/c1-10(8-18-14(17-2)19-9-13(15)16)21-12-6-4-5-11(7-12)20-3;/h4-7,10,13H,8-9H2,1-3H3,(H2,17,18,19);1H. The van der Waals surface area contributed by atoms with E-state index in [1.807, 2.05) is 25.1 Å². The van der Waals surface area contributed by atoms with Crippen molar-refractivity contribution < 1.29 is 18.3 Å². The average molecular weight is 429 g/mol. The maximum absolute atomic E-state index is 12.1. The Labute approximate surface area is 146 Å². The fraction of sp³-hybridized carbons (Fsp3) is 0.500. The molecule has 1 atom stereocenters. The van der Waals surface area contributed by atoms with E-state index < -0.39 is 13.0 Å². The third-order valence-corrected chi connectivity index (χ3v) is 2.58. The molecule has 0 bridgehead atoms. The molecule has 0 amide bonds. The van der Waals surface area contributed by atoms with E-state index in [-0.39, 0.29) is 30.1 Å². The minimum Gasteiger partial charge on any atom is -0.497 e. The first-order valence-electron chi connectivity index (χ1n) is 6.58. The van der Waals surface area contributed by atoms with Gasteiger partial charge in [0.2, 0.25) is 0 Å². The number of hydrogen-bond acceptors (Lipinski definition) is 3. The molecule has 0 saturated heterocycles. The topological polar surface area (TPSA) is 54.9 Å². The van der Waals surface area contributed by atoms with E-state index >= 15 is 0 Å². The number of nitrogens with one attached hydrogen (secondary N) is 2. The first kappa shape index (κ1) is 20.7.